The van der Waals surface area contributed by atoms with Crippen LogP contribution >= 0.6 is 11.3 Å². The molecule has 2 aromatic heterocycles. The number of hydrogen-bond acceptors (Lipinski definition) is 4. The number of rotatable bonds is 3. The molecule has 1 fully saturated rings. The lowest BCUT2D eigenvalue weighted by molar-refractivity contribution is 0.102. The minimum Gasteiger partial charge on any atom is -0.296 e. The van der Waals surface area contributed by atoms with E-state index in [4.69, 9.17) is 0 Å². The van der Waals surface area contributed by atoms with Crippen molar-refractivity contribution in [3.63, 3.8) is 0 Å². The third-order valence-corrected chi connectivity index (χ3v) is 3.63. The van der Waals surface area contributed by atoms with E-state index >= 15 is 0 Å². The van der Waals surface area contributed by atoms with Gasteiger partial charge in [0.1, 0.15) is 5.69 Å². The first kappa shape index (κ1) is 11.3. The number of aryl methyl sites for hydroxylation is 1. The highest BCUT2D eigenvalue weighted by Gasteiger charge is 2.26. The third kappa shape index (κ3) is 2.41. The molecule has 1 aliphatic rings. The van der Waals surface area contributed by atoms with Crippen molar-refractivity contribution in [2.75, 3.05) is 5.32 Å². The average molecular weight is 259 g/mol. The highest BCUT2D eigenvalue weighted by molar-refractivity contribution is 7.14. The van der Waals surface area contributed by atoms with Crippen LogP contribution in [0, 0.1) is 6.92 Å². The molecule has 0 unspecified atom stereocenters. The van der Waals surface area contributed by atoms with E-state index in [1.807, 2.05) is 24.4 Å². The van der Waals surface area contributed by atoms with Gasteiger partial charge in [0, 0.05) is 17.0 Å². The molecule has 92 valence electrons. The van der Waals surface area contributed by atoms with Gasteiger partial charge in [-0.05, 0) is 31.9 Å². The van der Waals surface area contributed by atoms with Crippen LogP contribution < -0.4 is 5.32 Å². The molecule has 1 aliphatic carbocycles. The second-order valence-corrected chi connectivity index (χ2v) is 5.33. The molecule has 0 spiro atoms. The zero-order chi connectivity index (χ0) is 12.5. The van der Waals surface area contributed by atoms with Gasteiger partial charge in [0.25, 0.3) is 5.91 Å². The zero-order valence-electron chi connectivity index (χ0n) is 10.0. The Morgan fingerprint density at radius 2 is 2.22 bits per heavy atom. The van der Waals surface area contributed by atoms with Gasteiger partial charge in [-0.2, -0.15) is 0 Å². The topological polar surface area (TPSA) is 54.9 Å². The number of aromatic nitrogens is 2. The molecule has 5 heteroatoms. The molecule has 4 nitrogen and oxygen atoms in total. The number of nitrogens with one attached hydrogen (secondary N) is 1. The second kappa shape index (κ2) is 4.49. The van der Waals surface area contributed by atoms with Crippen molar-refractivity contribution in [2.24, 2.45) is 0 Å². The predicted octanol–water partition coefficient (Wildman–Crippen LogP) is 2.98. The van der Waals surface area contributed by atoms with Crippen LogP contribution in [0.15, 0.2) is 23.6 Å². The van der Waals surface area contributed by atoms with Crippen LogP contribution in [0.4, 0.5) is 5.13 Å². The maximum absolute atomic E-state index is 12.0. The molecule has 2 heterocycles. The van der Waals surface area contributed by atoms with Gasteiger partial charge in [-0.3, -0.25) is 10.1 Å². The van der Waals surface area contributed by atoms with Gasteiger partial charge in [-0.15, -0.1) is 11.3 Å². The maximum atomic E-state index is 12.0. The van der Waals surface area contributed by atoms with Gasteiger partial charge in [0.15, 0.2) is 5.13 Å². The van der Waals surface area contributed by atoms with Crippen molar-refractivity contribution < 1.29 is 4.79 Å². The van der Waals surface area contributed by atoms with Gasteiger partial charge in [0.05, 0.1) is 5.69 Å². The summed E-state index contributed by atoms with van der Waals surface area (Å²) in [5.74, 6) is 0.416. The Morgan fingerprint density at radius 3 is 2.94 bits per heavy atom. The number of hydrogen-bond donors (Lipinski definition) is 1. The van der Waals surface area contributed by atoms with Crippen molar-refractivity contribution >= 4 is 22.4 Å². The summed E-state index contributed by atoms with van der Waals surface area (Å²) in [5, 5.41) is 5.48. The number of carbonyl (C=O) groups is 1. The molecule has 0 aliphatic heterocycles. The molecular weight excluding hydrogens is 246 g/mol. The van der Waals surface area contributed by atoms with Crippen LogP contribution in [-0.2, 0) is 0 Å². The standard InChI is InChI=1S/C13H13N3OS/c1-8-3-2-4-10(14-8)12(17)16-13-15-11(7-18-13)9-5-6-9/h2-4,7,9H,5-6H2,1H3,(H,15,16,17). The van der Waals surface area contributed by atoms with E-state index in [9.17, 15) is 4.79 Å². The van der Waals surface area contributed by atoms with Crippen LogP contribution in [0.3, 0.4) is 0 Å². The summed E-state index contributed by atoms with van der Waals surface area (Å²) in [7, 11) is 0. The van der Waals surface area contributed by atoms with Gasteiger partial charge in [0.2, 0.25) is 0 Å². The summed E-state index contributed by atoms with van der Waals surface area (Å²) >= 11 is 1.47. The molecule has 0 atom stereocenters. The Hall–Kier alpha value is -1.75. The lowest BCUT2D eigenvalue weighted by atomic mass is 10.3. The fourth-order valence-corrected chi connectivity index (χ4v) is 2.53. The average Bonchev–Trinajstić information content (AvgIpc) is 3.11. The Morgan fingerprint density at radius 1 is 1.39 bits per heavy atom. The summed E-state index contributed by atoms with van der Waals surface area (Å²) < 4.78 is 0. The van der Waals surface area contributed by atoms with E-state index in [-0.39, 0.29) is 5.91 Å². The predicted molar refractivity (Wildman–Crippen MR) is 71.0 cm³/mol. The highest BCUT2D eigenvalue weighted by Crippen LogP contribution is 2.40. The number of nitrogens with zero attached hydrogens (tertiary/aromatic N) is 2. The molecule has 18 heavy (non-hydrogen) atoms. The third-order valence-electron chi connectivity index (χ3n) is 2.86. The van der Waals surface area contributed by atoms with E-state index in [0.29, 0.717) is 16.7 Å². The van der Waals surface area contributed by atoms with Crippen LogP contribution in [0.2, 0.25) is 0 Å². The fourth-order valence-electron chi connectivity index (χ4n) is 1.74. The van der Waals surface area contributed by atoms with Gasteiger partial charge in [-0.25, -0.2) is 9.97 Å². The van der Waals surface area contributed by atoms with E-state index in [1.165, 1.54) is 24.2 Å². The van der Waals surface area contributed by atoms with E-state index in [1.54, 1.807) is 6.07 Å². The number of pyridine rings is 1. The Bertz CT molecular complexity index is 589. The Labute approximate surface area is 109 Å². The molecule has 0 saturated heterocycles. The van der Waals surface area contributed by atoms with Crippen molar-refractivity contribution in [3.05, 3.63) is 40.7 Å². The molecule has 0 bridgehead atoms. The van der Waals surface area contributed by atoms with E-state index < -0.39 is 0 Å². The second-order valence-electron chi connectivity index (χ2n) is 4.47. The van der Waals surface area contributed by atoms with Gasteiger partial charge in [-0.1, -0.05) is 6.07 Å². The molecule has 1 saturated carbocycles. The number of carbonyl (C=O) groups excluding carboxylic acids is 1. The molecule has 2 aromatic rings. The molecule has 0 aromatic carbocycles. The minimum atomic E-state index is -0.199. The molecular formula is C13H13N3OS. The minimum absolute atomic E-state index is 0.199. The van der Waals surface area contributed by atoms with Crippen molar-refractivity contribution in [1.29, 1.82) is 0 Å². The summed E-state index contributed by atoms with van der Waals surface area (Å²) in [5.41, 5.74) is 2.37. The highest BCUT2D eigenvalue weighted by atomic mass is 32.1. The Kier molecular flexibility index (Phi) is 2.83. The van der Waals surface area contributed by atoms with Crippen LogP contribution in [0.25, 0.3) is 0 Å². The van der Waals surface area contributed by atoms with Crippen LogP contribution in [0.1, 0.15) is 40.6 Å². The first-order valence-electron chi connectivity index (χ1n) is 5.93. The fraction of sp³-hybridized carbons (Fsp3) is 0.308. The summed E-state index contributed by atoms with van der Waals surface area (Å²) in [6.45, 7) is 1.87. The van der Waals surface area contributed by atoms with Crippen molar-refractivity contribution in [3.8, 4) is 0 Å². The first-order valence-corrected chi connectivity index (χ1v) is 6.81. The monoisotopic (exact) mass is 259 g/mol. The Balaban J connectivity index is 1.73. The van der Waals surface area contributed by atoms with Gasteiger partial charge >= 0.3 is 0 Å². The molecule has 1 amide bonds. The maximum Gasteiger partial charge on any atom is 0.276 e. The molecule has 3 rings (SSSR count). The number of anilines is 1. The summed E-state index contributed by atoms with van der Waals surface area (Å²) in [6, 6.07) is 5.40. The van der Waals surface area contributed by atoms with Crippen LogP contribution in [-0.4, -0.2) is 15.9 Å². The van der Waals surface area contributed by atoms with Crippen molar-refractivity contribution in [2.45, 2.75) is 25.7 Å². The van der Waals surface area contributed by atoms with Gasteiger partial charge < -0.3 is 0 Å². The molecule has 1 N–H and O–H groups in total. The zero-order valence-corrected chi connectivity index (χ0v) is 10.8. The summed E-state index contributed by atoms with van der Waals surface area (Å²) in [6.07, 6.45) is 2.44. The SMILES string of the molecule is Cc1cccc(C(=O)Nc2nc(C3CC3)cs2)n1. The lowest BCUT2D eigenvalue weighted by Gasteiger charge is -2.01. The largest absolute Gasteiger partial charge is 0.296 e. The normalized spacial score (nSPS) is 14.5. The van der Waals surface area contributed by atoms with Crippen molar-refractivity contribution in [1.82, 2.24) is 9.97 Å². The lowest BCUT2D eigenvalue weighted by Crippen LogP contribution is -2.13. The van der Waals surface area contributed by atoms with E-state index in [2.05, 4.69) is 15.3 Å². The summed E-state index contributed by atoms with van der Waals surface area (Å²) in [4.78, 5) is 20.6. The smallest absolute Gasteiger partial charge is 0.276 e. The van der Waals surface area contributed by atoms with E-state index in [0.717, 1.165) is 11.4 Å². The molecule has 0 radical (unpaired) electrons. The quantitative estimate of drug-likeness (QED) is 0.922. The van der Waals surface area contributed by atoms with Crippen LogP contribution in [0.5, 0.6) is 0 Å². The number of thiazole rings is 1. The first-order chi connectivity index (χ1) is 8.72. The number of amides is 1.